The van der Waals surface area contributed by atoms with E-state index in [-0.39, 0.29) is 4.83 Å². The Labute approximate surface area is 144 Å². The van der Waals surface area contributed by atoms with Gasteiger partial charge >= 0.3 is 0 Å². The maximum atomic E-state index is 6.05. The van der Waals surface area contributed by atoms with Crippen molar-refractivity contribution in [2.75, 3.05) is 13.7 Å². The molecule has 0 aliphatic heterocycles. The van der Waals surface area contributed by atoms with E-state index in [0.29, 0.717) is 10.0 Å². The highest BCUT2D eigenvalue weighted by Gasteiger charge is 2.10. The fraction of sp³-hybridized carbons (Fsp3) is 0.294. The topological polar surface area (TPSA) is 9.23 Å². The van der Waals surface area contributed by atoms with Crippen molar-refractivity contribution < 1.29 is 4.74 Å². The Balaban J connectivity index is 2.02. The molecule has 112 valence electrons. The number of methoxy groups -OCH3 is 1. The van der Waals surface area contributed by atoms with E-state index in [2.05, 4.69) is 40.2 Å². The third-order valence-electron chi connectivity index (χ3n) is 3.34. The lowest BCUT2D eigenvalue weighted by molar-refractivity contribution is 0.202. The van der Waals surface area contributed by atoms with E-state index in [1.165, 1.54) is 11.1 Å². The van der Waals surface area contributed by atoms with Crippen LogP contribution < -0.4 is 0 Å². The summed E-state index contributed by atoms with van der Waals surface area (Å²) in [6.07, 6.45) is 1.81. The van der Waals surface area contributed by atoms with Crippen molar-refractivity contribution in [3.8, 4) is 0 Å². The number of rotatable bonds is 6. The first-order valence-electron chi connectivity index (χ1n) is 6.76. The summed E-state index contributed by atoms with van der Waals surface area (Å²) in [6, 6.07) is 14.4. The van der Waals surface area contributed by atoms with Crippen LogP contribution in [0.2, 0.25) is 10.0 Å². The summed E-state index contributed by atoms with van der Waals surface area (Å²) in [5.74, 6) is 0. The van der Waals surface area contributed by atoms with Crippen LogP contribution in [0.15, 0.2) is 42.5 Å². The molecule has 0 saturated carbocycles. The van der Waals surface area contributed by atoms with Crippen molar-refractivity contribution in [3.63, 3.8) is 0 Å². The zero-order chi connectivity index (χ0) is 15.2. The molecule has 0 aromatic heterocycles. The van der Waals surface area contributed by atoms with Gasteiger partial charge in [-0.2, -0.15) is 0 Å². The average molecular weight is 388 g/mol. The SMILES string of the molecule is COCCc1ccc(C(Br)Cc2ccc(Cl)c(Cl)c2)cc1. The third-order valence-corrected chi connectivity index (χ3v) is 4.93. The first-order valence-corrected chi connectivity index (χ1v) is 8.43. The predicted octanol–water partition coefficient (Wildman–Crippen LogP) is 5.86. The molecule has 0 saturated heterocycles. The number of benzene rings is 2. The predicted molar refractivity (Wildman–Crippen MR) is 93.9 cm³/mol. The fourth-order valence-electron chi connectivity index (χ4n) is 2.10. The quantitative estimate of drug-likeness (QED) is 0.564. The van der Waals surface area contributed by atoms with Gasteiger partial charge in [-0.1, -0.05) is 69.5 Å². The lowest BCUT2D eigenvalue weighted by Gasteiger charge is -2.12. The molecule has 0 spiro atoms. The molecule has 4 heteroatoms. The second-order valence-corrected chi connectivity index (χ2v) is 6.82. The van der Waals surface area contributed by atoms with E-state index in [4.69, 9.17) is 27.9 Å². The molecule has 1 nitrogen and oxygen atoms in total. The monoisotopic (exact) mass is 386 g/mol. The summed E-state index contributed by atoms with van der Waals surface area (Å²) < 4.78 is 5.09. The van der Waals surface area contributed by atoms with Crippen LogP contribution in [-0.4, -0.2) is 13.7 Å². The summed E-state index contributed by atoms with van der Waals surface area (Å²) >= 11 is 15.7. The first kappa shape index (κ1) is 16.8. The van der Waals surface area contributed by atoms with Crippen LogP contribution in [0.4, 0.5) is 0 Å². The second kappa shape index (κ2) is 8.19. The molecule has 2 aromatic carbocycles. The average Bonchev–Trinajstić information content (AvgIpc) is 2.49. The molecule has 21 heavy (non-hydrogen) atoms. The van der Waals surface area contributed by atoms with E-state index in [9.17, 15) is 0 Å². The van der Waals surface area contributed by atoms with Crippen LogP contribution >= 0.6 is 39.1 Å². The lowest BCUT2D eigenvalue weighted by Crippen LogP contribution is -1.98. The van der Waals surface area contributed by atoms with E-state index in [1.807, 2.05) is 18.2 Å². The van der Waals surface area contributed by atoms with Crippen molar-refractivity contribution in [2.24, 2.45) is 0 Å². The van der Waals surface area contributed by atoms with Gasteiger partial charge in [0, 0.05) is 11.9 Å². The summed E-state index contributed by atoms with van der Waals surface area (Å²) in [4.78, 5) is 0.256. The molecule has 1 unspecified atom stereocenters. The van der Waals surface area contributed by atoms with Gasteiger partial charge in [-0.3, -0.25) is 0 Å². The lowest BCUT2D eigenvalue weighted by atomic mass is 10.0. The van der Waals surface area contributed by atoms with Gasteiger partial charge in [0.1, 0.15) is 0 Å². The zero-order valence-corrected chi connectivity index (χ0v) is 14.9. The van der Waals surface area contributed by atoms with Gasteiger partial charge < -0.3 is 4.74 Å². The highest BCUT2D eigenvalue weighted by Crippen LogP contribution is 2.30. The van der Waals surface area contributed by atoms with Crippen molar-refractivity contribution >= 4 is 39.1 Å². The molecule has 0 fully saturated rings. The molecule has 0 N–H and O–H groups in total. The van der Waals surface area contributed by atoms with Crippen LogP contribution in [0.3, 0.4) is 0 Å². The van der Waals surface area contributed by atoms with Crippen LogP contribution in [0.25, 0.3) is 0 Å². The molecule has 0 amide bonds. The van der Waals surface area contributed by atoms with Crippen LogP contribution in [0.5, 0.6) is 0 Å². The smallest absolute Gasteiger partial charge is 0.0595 e. The Morgan fingerprint density at radius 2 is 1.67 bits per heavy atom. The molecule has 0 bridgehead atoms. The second-order valence-electron chi connectivity index (χ2n) is 4.90. The van der Waals surface area contributed by atoms with E-state index in [0.717, 1.165) is 25.0 Å². The normalized spacial score (nSPS) is 12.4. The number of hydrogen-bond donors (Lipinski definition) is 0. The molecule has 0 heterocycles. The number of ether oxygens (including phenoxy) is 1. The Bertz CT molecular complexity index is 584. The summed E-state index contributed by atoms with van der Waals surface area (Å²) in [6.45, 7) is 0.750. The van der Waals surface area contributed by atoms with Crippen LogP contribution in [0.1, 0.15) is 21.5 Å². The first-order chi connectivity index (χ1) is 10.1. The summed E-state index contributed by atoms with van der Waals surface area (Å²) in [5.41, 5.74) is 3.70. The van der Waals surface area contributed by atoms with Gasteiger partial charge in [0.05, 0.1) is 16.7 Å². The molecule has 2 rings (SSSR count). The maximum Gasteiger partial charge on any atom is 0.0595 e. The molecule has 0 aliphatic rings. The minimum Gasteiger partial charge on any atom is -0.384 e. The molecule has 2 aromatic rings. The zero-order valence-electron chi connectivity index (χ0n) is 11.8. The minimum atomic E-state index is 0.256. The molecular formula is C17H17BrCl2O. The van der Waals surface area contributed by atoms with Gasteiger partial charge in [0.2, 0.25) is 0 Å². The Morgan fingerprint density at radius 3 is 2.29 bits per heavy atom. The Kier molecular flexibility index (Phi) is 6.56. The summed E-state index contributed by atoms with van der Waals surface area (Å²) in [7, 11) is 1.72. The van der Waals surface area contributed by atoms with Gasteiger partial charge in [0.25, 0.3) is 0 Å². The van der Waals surface area contributed by atoms with E-state index < -0.39 is 0 Å². The van der Waals surface area contributed by atoms with E-state index >= 15 is 0 Å². The molecule has 0 radical (unpaired) electrons. The fourth-order valence-corrected chi connectivity index (χ4v) is 3.10. The summed E-state index contributed by atoms with van der Waals surface area (Å²) in [5, 5.41) is 1.19. The van der Waals surface area contributed by atoms with Crippen molar-refractivity contribution in [2.45, 2.75) is 17.7 Å². The van der Waals surface area contributed by atoms with Crippen molar-refractivity contribution in [3.05, 3.63) is 69.2 Å². The Morgan fingerprint density at radius 1 is 1.00 bits per heavy atom. The number of hydrogen-bond acceptors (Lipinski definition) is 1. The van der Waals surface area contributed by atoms with Crippen molar-refractivity contribution in [1.82, 2.24) is 0 Å². The highest BCUT2D eigenvalue weighted by atomic mass is 79.9. The highest BCUT2D eigenvalue weighted by molar-refractivity contribution is 9.09. The molecule has 1 atom stereocenters. The maximum absolute atomic E-state index is 6.05. The largest absolute Gasteiger partial charge is 0.384 e. The van der Waals surface area contributed by atoms with Crippen LogP contribution in [0, 0.1) is 0 Å². The number of halogens is 3. The third kappa shape index (κ3) is 5.00. The standard InChI is InChI=1S/C17H17BrCl2O/c1-21-9-8-12-2-5-14(6-3-12)15(18)10-13-4-7-16(19)17(20)11-13/h2-7,11,15H,8-10H2,1H3. The Hall–Kier alpha value is -0.540. The van der Waals surface area contributed by atoms with E-state index in [1.54, 1.807) is 7.11 Å². The van der Waals surface area contributed by atoms with Gasteiger partial charge in [0.15, 0.2) is 0 Å². The molecule has 0 aliphatic carbocycles. The number of alkyl halides is 1. The van der Waals surface area contributed by atoms with Crippen molar-refractivity contribution in [1.29, 1.82) is 0 Å². The molecular weight excluding hydrogens is 371 g/mol. The van der Waals surface area contributed by atoms with Crippen LogP contribution in [-0.2, 0) is 17.6 Å². The van der Waals surface area contributed by atoms with Gasteiger partial charge in [-0.15, -0.1) is 0 Å². The van der Waals surface area contributed by atoms with Gasteiger partial charge in [-0.25, -0.2) is 0 Å². The minimum absolute atomic E-state index is 0.256. The van der Waals surface area contributed by atoms with Gasteiger partial charge in [-0.05, 0) is 41.7 Å².